The van der Waals surface area contributed by atoms with E-state index >= 15 is 0 Å². The summed E-state index contributed by atoms with van der Waals surface area (Å²) in [4.78, 5) is 26.2. The van der Waals surface area contributed by atoms with Gasteiger partial charge in [0.25, 0.3) is 0 Å². The maximum Gasteiger partial charge on any atom is 0.391 e. The van der Waals surface area contributed by atoms with Crippen molar-refractivity contribution >= 4 is 11.9 Å². The molecule has 0 aromatic rings. The lowest BCUT2D eigenvalue weighted by atomic mass is 9.78. The summed E-state index contributed by atoms with van der Waals surface area (Å²) in [5.74, 6) is -3.58. The normalized spacial score (nSPS) is 38.4. The van der Waals surface area contributed by atoms with Crippen molar-refractivity contribution in [3.63, 3.8) is 0 Å². The lowest BCUT2D eigenvalue weighted by Gasteiger charge is -2.47. The van der Waals surface area contributed by atoms with Crippen LogP contribution in [0.25, 0.3) is 0 Å². The lowest BCUT2D eigenvalue weighted by molar-refractivity contribution is -0.191. The maximum atomic E-state index is 14.9. The average molecular weight is 494 g/mol. The Balaban J connectivity index is 1.41. The van der Waals surface area contributed by atoms with Crippen molar-refractivity contribution in [3.8, 4) is 0 Å². The summed E-state index contributed by atoms with van der Waals surface area (Å²) in [6, 6.07) is 0. The fourth-order valence-corrected chi connectivity index (χ4v) is 5.81. The number of nitrogens with two attached hydrogens (primary N) is 1. The van der Waals surface area contributed by atoms with E-state index in [4.69, 9.17) is 5.73 Å². The first-order valence-corrected chi connectivity index (χ1v) is 12.2. The van der Waals surface area contributed by atoms with Crippen LogP contribution in [-0.2, 0) is 9.59 Å². The Hall–Kier alpha value is -1.50. The van der Waals surface area contributed by atoms with Crippen molar-refractivity contribution < 1.29 is 32.3 Å². The molecule has 2 saturated carbocycles. The second-order valence-corrected chi connectivity index (χ2v) is 10.5. The second kappa shape index (κ2) is 9.87. The molecule has 2 saturated heterocycles. The van der Waals surface area contributed by atoms with E-state index in [1.807, 2.05) is 0 Å². The van der Waals surface area contributed by atoms with Crippen molar-refractivity contribution in [2.75, 3.05) is 32.7 Å². The number of nitrogens with one attached hydrogen (secondary N) is 3. The number of carboxylic acids is 1. The molecule has 194 valence electrons. The molecule has 0 radical (unpaired) electrons. The number of carboxylic acid groups (broad SMARTS) is 1. The van der Waals surface area contributed by atoms with Gasteiger partial charge in [0.05, 0.1) is 18.2 Å². The maximum absolute atomic E-state index is 14.9. The Bertz CT molecular complexity index is 765. The molecule has 2 aliphatic carbocycles. The third-order valence-corrected chi connectivity index (χ3v) is 8.27. The van der Waals surface area contributed by atoms with Crippen LogP contribution >= 0.6 is 0 Å². The Morgan fingerprint density at radius 1 is 1.21 bits per heavy atom. The van der Waals surface area contributed by atoms with Crippen LogP contribution < -0.4 is 21.7 Å². The van der Waals surface area contributed by atoms with Crippen LogP contribution in [0, 0.1) is 29.1 Å². The van der Waals surface area contributed by atoms with Crippen LogP contribution in [0.15, 0.2) is 0 Å². The number of nitrogens with zero attached hydrogens (tertiary/aromatic N) is 1. The molecule has 0 aromatic carbocycles. The standard InChI is InChI=1S/C22H35F4N5O3/c23-16-7-14(22(24,25)26)1-2-15(16)17-28-9-13(10-29-19(32)21(4-5-21)20(33)34)18(30-17)31-6-3-12(8-27)11-31/h12-18,28,30H,1-11,27H2,(H,29,32)(H,33,34). The third-order valence-electron chi connectivity index (χ3n) is 8.27. The van der Waals surface area contributed by atoms with Crippen molar-refractivity contribution in [2.45, 2.75) is 63.2 Å². The van der Waals surface area contributed by atoms with Crippen LogP contribution in [0.2, 0.25) is 0 Å². The van der Waals surface area contributed by atoms with Crippen LogP contribution in [0.5, 0.6) is 0 Å². The Morgan fingerprint density at radius 2 is 1.94 bits per heavy atom. The number of aliphatic carboxylic acids is 1. The van der Waals surface area contributed by atoms with Crippen LogP contribution in [0.4, 0.5) is 17.6 Å². The summed E-state index contributed by atoms with van der Waals surface area (Å²) in [5, 5.41) is 18.8. The third kappa shape index (κ3) is 5.19. The quantitative estimate of drug-likeness (QED) is 0.265. The number of alkyl halides is 4. The lowest BCUT2D eigenvalue weighted by Crippen LogP contribution is -2.68. The van der Waals surface area contributed by atoms with Gasteiger partial charge in [-0.25, -0.2) is 4.39 Å². The molecule has 12 heteroatoms. The van der Waals surface area contributed by atoms with Crippen molar-refractivity contribution in [1.82, 2.24) is 20.9 Å². The fourth-order valence-electron chi connectivity index (χ4n) is 5.81. The molecule has 7 unspecified atom stereocenters. The Kier molecular flexibility index (Phi) is 7.42. The Labute approximate surface area is 196 Å². The molecule has 4 fully saturated rings. The van der Waals surface area contributed by atoms with E-state index < -0.39 is 54.1 Å². The zero-order valence-electron chi connectivity index (χ0n) is 19.1. The van der Waals surface area contributed by atoms with Gasteiger partial charge in [0.2, 0.25) is 5.91 Å². The van der Waals surface area contributed by atoms with E-state index in [1.165, 1.54) is 0 Å². The molecule has 2 aliphatic heterocycles. The van der Waals surface area contributed by atoms with Gasteiger partial charge < -0.3 is 21.5 Å². The summed E-state index contributed by atoms with van der Waals surface area (Å²) in [6.45, 7) is 2.73. The van der Waals surface area contributed by atoms with E-state index in [0.29, 0.717) is 31.8 Å². The summed E-state index contributed by atoms with van der Waals surface area (Å²) < 4.78 is 54.1. The molecule has 8 nitrogen and oxygen atoms in total. The van der Waals surface area contributed by atoms with Crippen molar-refractivity contribution in [1.29, 1.82) is 0 Å². The minimum atomic E-state index is -4.38. The zero-order chi connectivity index (χ0) is 24.7. The summed E-state index contributed by atoms with van der Waals surface area (Å²) in [7, 11) is 0. The molecule has 1 amide bonds. The number of likely N-dealkylation sites (tertiary alicyclic amines) is 1. The van der Waals surface area contributed by atoms with E-state index in [2.05, 4.69) is 20.9 Å². The Morgan fingerprint density at radius 3 is 2.50 bits per heavy atom. The largest absolute Gasteiger partial charge is 0.480 e. The van der Waals surface area contributed by atoms with Crippen LogP contribution in [0.1, 0.15) is 38.5 Å². The average Bonchev–Trinajstić information content (AvgIpc) is 3.48. The first-order valence-electron chi connectivity index (χ1n) is 12.2. The first kappa shape index (κ1) is 25.6. The predicted molar refractivity (Wildman–Crippen MR) is 115 cm³/mol. The predicted octanol–water partition coefficient (Wildman–Crippen LogP) is 1.03. The number of hydrogen-bond donors (Lipinski definition) is 5. The fraction of sp³-hybridized carbons (Fsp3) is 0.909. The van der Waals surface area contributed by atoms with Gasteiger partial charge in [0, 0.05) is 38.0 Å². The molecular weight excluding hydrogens is 458 g/mol. The number of hydrogen-bond acceptors (Lipinski definition) is 6. The highest BCUT2D eigenvalue weighted by Crippen LogP contribution is 2.46. The van der Waals surface area contributed by atoms with Gasteiger partial charge in [0.1, 0.15) is 11.6 Å². The molecule has 6 N–H and O–H groups in total. The topological polar surface area (TPSA) is 120 Å². The van der Waals surface area contributed by atoms with Gasteiger partial charge >= 0.3 is 12.1 Å². The van der Waals surface area contributed by atoms with Crippen molar-refractivity contribution in [3.05, 3.63) is 0 Å². The summed E-state index contributed by atoms with van der Waals surface area (Å²) in [6.07, 6.45) is -5.56. The number of rotatable bonds is 7. The molecule has 0 bridgehead atoms. The molecule has 4 rings (SSSR count). The number of carbonyl (C=O) groups excluding carboxylic acids is 1. The van der Waals surface area contributed by atoms with Crippen LogP contribution in [0.3, 0.4) is 0 Å². The molecule has 0 spiro atoms. The van der Waals surface area contributed by atoms with Gasteiger partial charge in [-0.3, -0.25) is 19.8 Å². The molecule has 34 heavy (non-hydrogen) atoms. The van der Waals surface area contributed by atoms with E-state index in [9.17, 15) is 32.3 Å². The summed E-state index contributed by atoms with van der Waals surface area (Å²) >= 11 is 0. The highest BCUT2D eigenvalue weighted by Gasteiger charge is 2.57. The highest BCUT2D eigenvalue weighted by atomic mass is 19.4. The SMILES string of the molecule is NCC1CCN(C2NC(C3CCC(C(F)(F)F)CC3F)NCC2CNC(=O)C2(C(=O)O)CC2)C1. The monoisotopic (exact) mass is 493 g/mol. The van der Waals surface area contributed by atoms with Crippen LogP contribution in [-0.4, -0.2) is 79.3 Å². The number of carbonyl (C=O) groups is 2. The van der Waals surface area contributed by atoms with Gasteiger partial charge in [-0.1, -0.05) is 0 Å². The van der Waals surface area contributed by atoms with E-state index in [-0.39, 0.29) is 31.5 Å². The first-order chi connectivity index (χ1) is 16.0. The number of halogens is 4. The van der Waals surface area contributed by atoms with Gasteiger partial charge in [-0.2, -0.15) is 13.2 Å². The number of amides is 1. The van der Waals surface area contributed by atoms with Gasteiger partial charge in [0.15, 0.2) is 0 Å². The summed E-state index contributed by atoms with van der Waals surface area (Å²) in [5.41, 5.74) is 4.51. The molecule has 0 aromatic heterocycles. The van der Waals surface area contributed by atoms with E-state index in [1.54, 1.807) is 0 Å². The van der Waals surface area contributed by atoms with Crippen molar-refractivity contribution in [2.24, 2.45) is 34.8 Å². The molecule has 2 heterocycles. The van der Waals surface area contributed by atoms with Gasteiger partial charge in [-0.15, -0.1) is 0 Å². The van der Waals surface area contributed by atoms with E-state index in [0.717, 1.165) is 19.5 Å². The molecule has 7 atom stereocenters. The molecule has 4 aliphatic rings. The zero-order valence-corrected chi connectivity index (χ0v) is 19.1. The smallest absolute Gasteiger partial charge is 0.391 e. The minimum absolute atomic E-state index is 0.0885. The second-order valence-electron chi connectivity index (χ2n) is 10.5. The van der Waals surface area contributed by atoms with Gasteiger partial charge in [-0.05, 0) is 51.0 Å². The molecular formula is C22H35F4N5O3. The highest BCUT2D eigenvalue weighted by molar-refractivity contribution is 6.04. The minimum Gasteiger partial charge on any atom is -0.480 e.